The van der Waals surface area contributed by atoms with Gasteiger partial charge in [0.25, 0.3) is 11.6 Å². The van der Waals surface area contributed by atoms with Crippen LogP contribution >= 0.6 is 0 Å². The number of non-ortho nitro benzene ring substituents is 1. The molecule has 3 N–H and O–H groups in total. The van der Waals surface area contributed by atoms with Crippen molar-refractivity contribution in [1.82, 2.24) is 0 Å². The first-order valence-electron chi connectivity index (χ1n) is 7.72. The van der Waals surface area contributed by atoms with Gasteiger partial charge in [-0.3, -0.25) is 14.9 Å². The second-order valence-electron chi connectivity index (χ2n) is 5.64. The molecule has 2 rings (SSSR count). The summed E-state index contributed by atoms with van der Waals surface area (Å²) >= 11 is 0. The number of alkyl halides is 3. The molecule has 28 heavy (non-hydrogen) atoms. The van der Waals surface area contributed by atoms with Crippen molar-refractivity contribution < 1.29 is 32.4 Å². The van der Waals surface area contributed by atoms with Crippen molar-refractivity contribution in [2.75, 3.05) is 11.1 Å². The molecule has 0 heterocycles. The van der Waals surface area contributed by atoms with Crippen molar-refractivity contribution in [3.05, 3.63) is 63.7 Å². The van der Waals surface area contributed by atoms with E-state index in [2.05, 4.69) is 5.32 Å². The number of nitro benzene ring substituents is 1. The highest BCUT2D eigenvalue weighted by molar-refractivity contribution is 5.99. The summed E-state index contributed by atoms with van der Waals surface area (Å²) in [6, 6.07) is 6.85. The fraction of sp³-hybridized carbons (Fsp3) is 0.176. The lowest BCUT2D eigenvalue weighted by Gasteiger charge is -2.14. The van der Waals surface area contributed by atoms with Crippen LogP contribution in [-0.4, -0.2) is 22.9 Å². The number of nitrogens with zero attached hydrogens (tertiary/aromatic N) is 1. The van der Waals surface area contributed by atoms with Crippen molar-refractivity contribution in [1.29, 1.82) is 0 Å². The normalized spacial score (nSPS) is 12.1. The first kappa shape index (κ1) is 20.7. The number of esters is 1. The van der Waals surface area contributed by atoms with Crippen molar-refractivity contribution >= 4 is 28.9 Å². The highest BCUT2D eigenvalue weighted by Crippen LogP contribution is 2.29. The summed E-state index contributed by atoms with van der Waals surface area (Å²) in [5.74, 6) is -1.87. The van der Waals surface area contributed by atoms with Gasteiger partial charge in [-0.2, -0.15) is 13.2 Å². The van der Waals surface area contributed by atoms with Gasteiger partial charge in [-0.05, 0) is 37.3 Å². The molecular weight excluding hydrogens is 383 g/mol. The van der Waals surface area contributed by atoms with Crippen molar-refractivity contribution in [2.45, 2.75) is 19.2 Å². The van der Waals surface area contributed by atoms with Gasteiger partial charge in [0.1, 0.15) is 0 Å². The Morgan fingerprint density at radius 3 is 2.32 bits per heavy atom. The molecule has 0 unspecified atom stereocenters. The van der Waals surface area contributed by atoms with Crippen LogP contribution in [-0.2, 0) is 15.7 Å². The van der Waals surface area contributed by atoms with Crippen LogP contribution in [0.25, 0.3) is 0 Å². The number of hydrogen-bond acceptors (Lipinski definition) is 6. The second-order valence-corrected chi connectivity index (χ2v) is 5.64. The third-order valence-corrected chi connectivity index (χ3v) is 3.60. The lowest BCUT2D eigenvalue weighted by atomic mass is 10.1. The van der Waals surface area contributed by atoms with E-state index in [-0.39, 0.29) is 22.6 Å². The fourth-order valence-corrected chi connectivity index (χ4v) is 2.10. The maximum absolute atomic E-state index is 12.5. The van der Waals surface area contributed by atoms with Crippen molar-refractivity contribution in [3.63, 3.8) is 0 Å². The number of nitro groups is 1. The molecule has 1 atom stereocenters. The number of benzene rings is 2. The molecule has 148 valence electrons. The van der Waals surface area contributed by atoms with E-state index in [0.717, 1.165) is 42.5 Å². The summed E-state index contributed by atoms with van der Waals surface area (Å²) in [4.78, 5) is 34.3. The molecule has 0 aliphatic rings. The molecule has 0 spiro atoms. The van der Waals surface area contributed by atoms with E-state index >= 15 is 0 Å². The lowest BCUT2D eigenvalue weighted by Crippen LogP contribution is -2.30. The molecule has 0 saturated carbocycles. The molecule has 0 fully saturated rings. The number of hydrogen-bond donors (Lipinski definition) is 2. The van der Waals surface area contributed by atoms with Crippen LogP contribution in [0.1, 0.15) is 22.8 Å². The van der Waals surface area contributed by atoms with Crippen LogP contribution in [0.2, 0.25) is 0 Å². The smallest absolute Gasteiger partial charge is 0.416 e. The average molecular weight is 397 g/mol. The van der Waals surface area contributed by atoms with E-state index in [1.165, 1.54) is 6.92 Å². The van der Waals surface area contributed by atoms with Crippen LogP contribution in [0.15, 0.2) is 42.5 Å². The molecular formula is C17H14F3N3O5. The molecule has 0 aliphatic heterocycles. The first-order valence-corrected chi connectivity index (χ1v) is 7.72. The van der Waals surface area contributed by atoms with E-state index in [9.17, 15) is 32.9 Å². The Labute approximate surface area is 156 Å². The topological polar surface area (TPSA) is 125 Å². The van der Waals surface area contributed by atoms with Gasteiger partial charge < -0.3 is 15.8 Å². The van der Waals surface area contributed by atoms with Gasteiger partial charge >= 0.3 is 12.1 Å². The van der Waals surface area contributed by atoms with E-state index in [1.54, 1.807) is 0 Å². The van der Waals surface area contributed by atoms with Gasteiger partial charge in [-0.1, -0.05) is 0 Å². The second kappa shape index (κ2) is 7.94. The van der Waals surface area contributed by atoms with Crippen molar-refractivity contribution in [2.24, 2.45) is 0 Å². The Hall–Kier alpha value is -3.63. The van der Waals surface area contributed by atoms with Gasteiger partial charge in [0.2, 0.25) is 0 Å². The molecule has 8 nitrogen and oxygen atoms in total. The highest BCUT2D eigenvalue weighted by atomic mass is 19.4. The molecule has 11 heteroatoms. The number of nitrogens with two attached hydrogens (primary N) is 1. The molecule has 0 radical (unpaired) electrons. The number of nitrogens with one attached hydrogen (secondary N) is 1. The Morgan fingerprint density at radius 2 is 1.79 bits per heavy atom. The molecule has 2 aromatic rings. The molecule has 0 bridgehead atoms. The van der Waals surface area contributed by atoms with E-state index < -0.39 is 34.6 Å². The number of rotatable bonds is 5. The van der Waals surface area contributed by atoms with E-state index in [4.69, 9.17) is 10.5 Å². The maximum atomic E-state index is 12.5. The molecule has 0 aliphatic carbocycles. The number of ether oxygens (including phenoxy) is 1. The predicted octanol–water partition coefficient (Wildman–Crippen LogP) is 3.38. The predicted molar refractivity (Wildman–Crippen MR) is 92.5 cm³/mol. The number of nitrogen functional groups attached to an aromatic ring is 1. The van der Waals surface area contributed by atoms with Gasteiger partial charge in [0.05, 0.1) is 16.1 Å². The quantitative estimate of drug-likeness (QED) is 0.345. The lowest BCUT2D eigenvalue weighted by molar-refractivity contribution is -0.384. The number of carbonyl (C=O) groups is 2. The highest BCUT2D eigenvalue weighted by Gasteiger charge is 2.30. The monoisotopic (exact) mass is 397 g/mol. The van der Waals surface area contributed by atoms with Gasteiger partial charge in [-0.15, -0.1) is 0 Å². The summed E-state index contributed by atoms with van der Waals surface area (Å²) < 4.78 is 42.5. The number of amides is 1. The zero-order valence-electron chi connectivity index (χ0n) is 14.3. The van der Waals surface area contributed by atoms with Crippen LogP contribution in [0.4, 0.5) is 30.2 Å². The number of carbonyl (C=O) groups excluding carboxylic acids is 2. The standard InChI is InChI=1S/C17H14F3N3O5/c1-9(15(24)22-11-4-2-10(3-5-11)17(18,19)20)28-16(25)13-8-12(23(26)27)6-7-14(13)21/h2-9H,21H2,1H3,(H,22,24)/t9-/m0/s1. The minimum absolute atomic E-state index is 0.0655. The first-order chi connectivity index (χ1) is 13.0. The Balaban J connectivity index is 2.05. The van der Waals surface area contributed by atoms with Gasteiger partial charge in [0.15, 0.2) is 6.10 Å². The van der Waals surface area contributed by atoms with E-state index in [1.807, 2.05) is 0 Å². The zero-order chi connectivity index (χ0) is 21.1. The third-order valence-electron chi connectivity index (χ3n) is 3.60. The minimum atomic E-state index is -4.51. The SMILES string of the molecule is C[C@H](OC(=O)c1cc([N+](=O)[O-])ccc1N)C(=O)Nc1ccc(C(F)(F)F)cc1. The van der Waals surface area contributed by atoms with Gasteiger partial charge in [-0.25, -0.2) is 4.79 Å². The van der Waals surface area contributed by atoms with Crippen LogP contribution < -0.4 is 11.1 Å². The summed E-state index contributed by atoms with van der Waals surface area (Å²) in [5, 5.41) is 13.1. The summed E-state index contributed by atoms with van der Waals surface area (Å²) in [7, 11) is 0. The number of halogens is 3. The summed E-state index contributed by atoms with van der Waals surface area (Å²) in [6.45, 7) is 1.23. The molecule has 0 aromatic heterocycles. The maximum Gasteiger partial charge on any atom is 0.416 e. The van der Waals surface area contributed by atoms with Crippen LogP contribution in [0, 0.1) is 10.1 Å². The molecule has 0 saturated heterocycles. The van der Waals surface area contributed by atoms with Crippen LogP contribution in [0.5, 0.6) is 0 Å². The van der Waals surface area contributed by atoms with Gasteiger partial charge in [0, 0.05) is 23.5 Å². The molecule has 1 amide bonds. The minimum Gasteiger partial charge on any atom is -0.449 e. The third kappa shape index (κ3) is 4.96. The number of anilines is 2. The molecule has 2 aromatic carbocycles. The summed E-state index contributed by atoms with van der Waals surface area (Å²) in [5.41, 5.74) is 4.03. The Morgan fingerprint density at radius 1 is 1.18 bits per heavy atom. The zero-order valence-corrected chi connectivity index (χ0v) is 14.3. The Kier molecular flexibility index (Phi) is 5.87. The van der Waals surface area contributed by atoms with Crippen molar-refractivity contribution in [3.8, 4) is 0 Å². The Bertz CT molecular complexity index is 913. The van der Waals surface area contributed by atoms with E-state index in [0.29, 0.717) is 0 Å². The average Bonchev–Trinajstić information content (AvgIpc) is 2.61. The fourth-order valence-electron chi connectivity index (χ4n) is 2.10. The van der Waals surface area contributed by atoms with Crippen LogP contribution in [0.3, 0.4) is 0 Å². The summed E-state index contributed by atoms with van der Waals surface area (Å²) in [6.07, 6.45) is -5.85. The largest absolute Gasteiger partial charge is 0.449 e.